The number of ether oxygens (including phenoxy) is 2. The summed E-state index contributed by atoms with van der Waals surface area (Å²) < 4.78 is 11.0. The SMILES string of the molecule is COc1cc(C=CC(=O)O)cc(Cl)c1OCCC(C)(C)C. The molecule has 0 unspecified atom stereocenters. The Hall–Kier alpha value is -1.68. The molecule has 0 saturated carbocycles. The predicted octanol–water partition coefficient (Wildman–Crippen LogP) is 4.26. The van der Waals surface area contributed by atoms with Crippen LogP contribution in [0.3, 0.4) is 0 Å². The Balaban J connectivity index is 2.92. The van der Waals surface area contributed by atoms with E-state index in [1.165, 1.54) is 13.2 Å². The molecule has 1 N–H and O–H groups in total. The number of aliphatic carboxylic acids is 1. The van der Waals surface area contributed by atoms with E-state index in [1.807, 2.05) is 0 Å². The summed E-state index contributed by atoms with van der Waals surface area (Å²) in [4.78, 5) is 10.5. The fraction of sp³-hybridized carbons (Fsp3) is 0.438. The first-order chi connectivity index (χ1) is 9.73. The van der Waals surface area contributed by atoms with E-state index < -0.39 is 5.97 Å². The van der Waals surface area contributed by atoms with Gasteiger partial charge in [-0.3, -0.25) is 0 Å². The van der Waals surface area contributed by atoms with E-state index in [0.717, 1.165) is 12.5 Å². The van der Waals surface area contributed by atoms with Crippen molar-refractivity contribution in [3.05, 3.63) is 28.8 Å². The summed E-state index contributed by atoms with van der Waals surface area (Å²) in [5, 5.41) is 9.04. The molecule has 0 aliphatic carbocycles. The molecule has 0 spiro atoms. The van der Waals surface area contributed by atoms with Crippen LogP contribution < -0.4 is 9.47 Å². The largest absolute Gasteiger partial charge is 0.493 e. The summed E-state index contributed by atoms with van der Waals surface area (Å²) in [6, 6.07) is 3.34. The van der Waals surface area contributed by atoms with Gasteiger partial charge in [-0.15, -0.1) is 0 Å². The Morgan fingerprint density at radius 2 is 2.05 bits per heavy atom. The molecule has 1 aromatic carbocycles. The average Bonchev–Trinajstić information content (AvgIpc) is 2.36. The number of rotatable bonds is 6. The quantitative estimate of drug-likeness (QED) is 0.797. The molecular formula is C16H21ClO4. The van der Waals surface area contributed by atoms with Gasteiger partial charge >= 0.3 is 5.97 Å². The second kappa shape index (κ2) is 7.36. The van der Waals surface area contributed by atoms with E-state index in [4.69, 9.17) is 26.2 Å². The summed E-state index contributed by atoms with van der Waals surface area (Å²) in [7, 11) is 1.52. The first-order valence-electron chi connectivity index (χ1n) is 6.64. The van der Waals surface area contributed by atoms with Gasteiger partial charge in [0.2, 0.25) is 0 Å². The van der Waals surface area contributed by atoms with Crippen LogP contribution in [-0.2, 0) is 4.79 Å². The van der Waals surface area contributed by atoms with Crippen molar-refractivity contribution in [1.29, 1.82) is 0 Å². The topological polar surface area (TPSA) is 55.8 Å². The molecule has 1 aromatic rings. The lowest BCUT2D eigenvalue weighted by Crippen LogP contribution is -2.11. The molecule has 0 saturated heterocycles. The minimum absolute atomic E-state index is 0.171. The summed E-state index contributed by atoms with van der Waals surface area (Å²) in [5.41, 5.74) is 0.812. The molecular weight excluding hydrogens is 292 g/mol. The number of carbonyl (C=O) groups is 1. The molecule has 4 nitrogen and oxygen atoms in total. The van der Waals surface area contributed by atoms with Crippen LogP contribution in [0.5, 0.6) is 11.5 Å². The van der Waals surface area contributed by atoms with E-state index in [-0.39, 0.29) is 5.41 Å². The number of hydrogen-bond acceptors (Lipinski definition) is 3. The third-order valence-corrected chi connectivity index (χ3v) is 3.05. The van der Waals surface area contributed by atoms with Gasteiger partial charge in [0.05, 0.1) is 18.7 Å². The summed E-state index contributed by atoms with van der Waals surface area (Å²) >= 11 is 6.19. The zero-order valence-corrected chi connectivity index (χ0v) is 13.5. The maximum absolute atomic E-state index is 10.5. The van der Waals surface area contributed by atoms with Crippen LogP contribution in [0.4, 0.5) is 0 Å². The van der Waals surface area contributed by atoms with Crippen LogP contribution in [0.25, 0.3) is 6.08 Å². The van der Waals surface area contributed by atoms with Crippen LogP contribution >= 0.6 is 11.6 Å². The lowest BCUT2D eigenvalue weighted by molar-refractivity contribution is -0.131. The molecule has 0 aromatic heterocycles. The number of halogens is 1. The van der Waals surface area contributed by atoms with Crippen molar-refractivity contribution in [3.63, 3.8) is 0 Å². The van der Waals surface area contributed by atoms with E-state index >= 15 is 0 Å². The molecule has 0 aliphatic rings. The number of benzene rings is 1. The Kier molecular flexibility index (Phi) is 6.09. The predicted molar refractivity (Wildman–Crippen MR) is 84.2 cm³/mol. The molecule has 0 atom stereocenters. The standard InChI is InChI=1S/C16H21ClO4/c1-16(2,3)7-8-21-15-12(17)9-11(5-6-14(18)19)10-13(15)20-4/h5-6,9-10H,7-8H2,1-4H3,(H,18,19). The Morgan fingerprint density at radius 1 is 1.38 bits per heavy atom. The van der Waals surface area contributed by atoms with E-state index in [2.05, 4.69) is 20.8 Å². The monoisotopic (exact) mass is 312 g/mol. The van der Waals surface area contributed by atoms with Crippen molar-refractivity contribution in [2.45, 2.75) is 27.2 Å². The molecule has 116 valence electrons. The minimum atomic E-state index is -1.02. The molecule has 5 heteroatoms. The van der Waals surface area contributed by atoms with Gasteiger partial charge in [0.25, 0.3) is 0 Å². The normalized spacial score (nSPS) is 11.7. The van der Waals surface area contributed by atoms with Crippen LogP contribution in [0.1, 0.15) is 32.8 Å². The van der Waals surface area contributed by atoms with E-state index in [1.54, 1.807) is 12.1 Å². The average molecular weight is 313 g/mol. The third-order valence-electron chi connectivity index (χ3n) is 2.77. The van der Waals surface area contributed by atoms with E-state index in [0.29, 0.717) is 28.7 Å². The molecule has 0 fully saturated rings. The highest BCUT2D eigenvalue weighted by atomic mass is 35.5. The highest BCUT2D eigenvalue weighted by molar-refractivity contribution is 6.32. The fourth-order valence-electron chi connectivity index (χ4n) is 1.60. The number of carboxylic acids is 1. The van der Waals surface area contributed by atoms with Crippen molar-refractivity contribution in [2.75, 3.05) is 13.7 Å². The molecule has 1 rings (SSSR count). The molecule has 21 heavy (non-hydrogen) atoms. The zero-order valence-electron chi connectivity index (χ0n) is 12.8. The Labute approximate surface area is 130 Å². The van der Waals surface area contributed by atoms with Gasteiger partial charge in [-0.1, -0.05) is 32.4 Å². The number of hydrogen-bond donors (Lipinski definition) is 1. The van der Waals surface area contributed by atoms with Crippen molar-refractivity contribution in [1.82, 2.24) is 0 Å². The van der Waals surface area contributed by atoms with Gasteiger partial charge in [-0.05, 0) is 35.6 Å². The maximum Gasteiger partial charge on any atom is 0.328 e. The lowest BCUT2D eigenvalue weighted by atomic mass is 9.93. The highest BCUT2D eigenvalue weighted by Crippen LogP contribution is 2.37. The second-order valence-corrected chi connectivity index (χ2v) is 6.27. The summed E-state index contributed by atoms with van der Waals surface area (Å²) in [5.74, 6) is -0.0482. The first kappa shape index (κ1) is 17.4. The third kappa shape index (κ3) is 6.08. The van der Waals surface area contributed by atoms with Crippen LogP contribution in [-0.4, -0.2) is 24.8 Å². The van der Waals surface area contributed by atoms with Crippen LogP contribution in [0, 0.1) is 5.41 Å². The van der Waals surface area contributed by atoms with Crippen LogP contribution in [0.15, 0.2) is 18.2 Å². The summed E-state index contributed by atoms with van der Waals surface area (Å²) in [6.45, 7) is 6.93. The van der Waals surface area contributed by atoms with Gasteiger partial charge in [0.1, 0.15) is 0 Å². The number of methoxy groups -OCH3 is 1. The van der Waals surface area contributed by atoms with Gasteiger partial charge in [-0.2, -0.15) is 0 Å². The maximum atomic E-state index is 10.5. The lowest BCUT2D eigenvalue weighted by Gasteiger charge is -2.19. The summed E-state index contributed by atoms with van der Waals surface area (Å²) in [6.07, 6.45) is 3.38. The van der Waals surface area contributed by atoms with Gasteiger partial charge < -0.3 is 14.6 Å². The Bertz CT molecular complexity index is 530. The molecule has 0 amide bonds. The minimum Gasteiger partial charge on any atom is -0.493 e. The second-order valence-electron chi connectivity index (χ2n) is 5.86. The van der Waals surface area contributed by atoms with Crippen molar-refractivity contribution < 1.29 is 19.4 Å². The van der Waals surface area contributed by atoms with Gasteiger partial charge in [-0.25, -0.2) is 4.79 Å². The van der Waals surface area contributed by atoms with Crippen LogP contribution in [0.2, 0.25) is 5.02 Å². The van der Waals surface area contributed by atoms with Crippen molar-refractivity contribution in [3.8, 4) is 11.5 Å². The smallest absolute Gasteiger partial charge is 0.328 e. The van der Waals surface area contributed by atoms with Crippen molar-refractivity contribution in [2.24, 2.45) is 5.41 Å². The molecule has 0 aliphatic heterocycles. The van der Waals surface area contributed by atoms with E-state index in [9.17, 15) is 4.79 Å². The first-order valence-corrected chi connectivity index (χ1v) is 7.02. The van der Waals surface area contributed by atoms with Gasteiger partial charge in [0.15, 0.2) is 11.5 Å². The van der Waals surface area contributed by atoms with Gasteiger partial charge in [0, 0.05) is 6.08 Å². The molecule has 0 heterocycles. The Morgan fingerprint density at radius 3 is 2.57 bits per heavy atom. The number of carboxylic acid groups (broad SMARTS) is 1. The fourth-order valence-corrected chi connectivity index (χ4v) is 1.88. The zero-order chi connectivity index (χ0) is 16.0. The highest BCUT2D eigenvalue weighted by Gasteiger charge is 2.14. The molecule has 0 radical (unpaired) electrons. The molecule has 0 bridgehead atoms. The van der Waals surface area contributed by atoms with Crippen molar-refractivity contribution >= 4 is 23.6 Å².